The van der Waals surface area contributed by atoms with E-state index in [9.17, 15) is 4.79 Å². The molecule has 0 saturated carbocycles. The molecule has 2 aromatic heterocycles. The van der Waals surface area contributed by atoms with E-state index in [2.05, 4.69) is 20.9 Å². The molecule has 5 rings (SSSR count). The number of benzene rings is 1. The first-order chi connectivity index (χ1) is 14.2. The van der Waals surface area contributed by atoms with E-state index in [1.807, 2.05) is 18.2 Å². The number of fused-ring (bicyclic) bond motifs is 2. The van der Waals surface area contributed by atoms with Crippen molar-refractivity contribution in [2.45, 2.75) is 12.0 Å². The van der Waals surface area contributed by atoms with Gasteiger partial charge in [-0.15, -0.1) is 0 Å². The predicted octanol–water partition coefficient (Wildman–Crippen LogP) is 1.75. The molecule has 2 aliphatic heterocycles. The van der Waals surface area contributed by atoms with Crippen molar-refractivity contribution < 1.29 is 9.47 Å². The summed E-state index contributed by atoms with van der Waals surface area (Å²) in [5, 5.41) is 0. The van der Waals surface area contributed by atoms with E-state index in [0.29, 0.717) is 43.6 Å². The number of morpholine rings is 1. The summed E-state index contributed by atoms with van der Waals surface area (Å²) in [6, 6.07) is 11.3. The number of anilines is 1. The second-order valence-electron chi connectivity index (χ2n) is 7.29. The maximum atomic E-state index is 12.6. The van der Waals surface area contributed by atoms with Crippen LogP contribution >= 0.6 is 0 Å². The molecule has 3 aromatic rings. The lowest BCUT2D eigenvalue weighted by Crippen LogP contribution is -2.53. The Morgan fingerprint density at radius 3 is 2.90 bits per heavy atom. The SMILES string of the molecule is Cn1c(N2CCOC3(CCOc4ccccc43)C2)nc(-c2ccncn2)cc1=O. The van der Waals surface area contributed by atoms with Crippen LogP contribution in [0.25, 0.3) is 11.4 Å². The molecule has 0 amide bonds. The fourth-order valence-electron chi connectivity index (χ4n) is 4.08. The smallest absolute Gasteiger partial charge is 0.255 e. The number of aromatic nitrogens is 4. The summed E-state index contributed by atoms with van der Waals surface area (Å²) in [6.07, 6.45) is 3.85. The van der Waals surface area contributed by atoms with Gasteiger partial charge in [0.15, 0.2) is 0 Å². The van der Waals surface area contributed by atoms with Crippen LogP contribution in [0.5, 0.6) is 5.75 Å². The fraction of sp³-hybridized carbons (Fsp3) is 0.333. The molecule has 1 atom stereocenters. The number of hydrogen-bond acceptors (Lipinski definition) is 7. The molecule has 4 heterocycles. The lowest BCUT2D eigenvalue weighted by atomic mass is 9.86. The van der Waals surface area contributed by atoms with Gasteiger partial charge in [0.2, 0.25) is 5.95 Å². The molecule has 2 aliphatic rings. The Morgan fingerprint density at radius 1 is 1.14 bits per heavy atom. The van der Waals surface area contributed by atoms with E-state index < -0.39 is 5.60 Å². The standard InChI is InChI=1S/C21H21N5O3/c1-25-19(27)12-17(16-6-8-22-14-23-16)24-20(25)26-9-11-29-21(13-26)7-10-28-18-5-3-2-4-15(18)21/h2-6,8,12,14H,7,9-11,13H2,1H3. The summed E-state index contributed by atoms with van der Waals surface area (Å²) < 4.78 is 13.7. The molecule has 0 radical (unpaired) electrons. The highest BCUT2D eigenvalue weighted by Gasteiger charge is 2.43. The second-order valence-corrected chi connectivity index (χ2v) is 7.29. The Balaban J connectivity index is 1.56. The Hall–Kier alpha value is -3.26. The fourth-order valence-corrected chi connectivity index (χ4v) is 4.08. The Labute approximate surface area is 167 Å². The van der Waals surface area contributed by atoms with E-state index >= 15 is 0 Å². The van der Waals surface area contributed by atoms with Gasteiger partial charge in [0.25, 0.3) is 5.56 Å². The van der Waals surface area contributed by atoms with Crippen molar-refractivity contribution in [3.8, 4) is 17.1 Å². The van der Waals surface area contributed by atoms with Gasteiger partial charge in [-0.3, -0.25) is 9.36 Å². The maximum absolute atomic E-state index is 12.6. The molecule has 29 heavy (non-hydrogen) atoms. The van der Waals surface area contributed by atoms with Crippen LogP contribution < -0.4 is 15.2 Å². The monoisotopic (exact) mass is 391 g/mol. The van der Waals surface area contributed by atoms with Crippen LogP contribution in [-0.2, 0) is 17.4 Å². The van der Waals surface area contributed by atoms with Gasteiger partial charge in [-0.05, 0) is 12.1 Å². The second kappa shape index (κ2) is 6.97. The quantitative estimate of drug-likeness (QED) is 0.658. The number of rotatable bonds is 2. The van der Waals surface area contributed by atoms with Crippen molar-refractivity contribution in [3.05, 3.63) is 64.8 Å². The number of para-hydroxylation sites is 1. The molecule has 1 spiro atoms. The van der Waals surface area contributed by atoms with Crippen molar-refractivity contribution in [2.24, 2.45) is 7.05 Å². The number of nitrogens with zero attached hydrogens (tertiary/aromatic N) is 5. The third kappa shape index (κ3) is 3.05. The topological polar surface area (TPSA) is 82.4 Å². The first-order valence-corrected chi connectivity index (χ1v) is 9.62. The molecular formula is C21H21N5O3. The molecule has 0 aliphatic carbocycles. The summed E-state index contributed by atoms with van der Waals surface area (Å²) in [4.78, 5) is 27.7. The molecule has 148 valence electrons. The third-order valence-electron chi connectivity index (χ3n) is 5.57. The van der Waals surface area contributed by atoms with Gasteiger partial charge in [-0.25, -0.2) is 15.0 Å². The highest BCUT2D eigenvalue weighted by Crippen LogP contribution is 2.42. The number of hydrogen-bond donors (Lipinski definition) is 0. The van der Waals surface area contributed by atoms with Gasteiger partial charge in [0.1, 0.15) is 17.7 Å². The van der Waals surface area contributed by atoms with Crippen LogP contribution in [0.2, 0.25) is 0 Å². The zero-order valence-electron chi connectivity index (χ0n) is 16.1. The van der Waals surface area contributed by atoms with E-state index in [0.717, 1.165) is 17.7 Å². The lowest BCUT2D eigenvalue weighted by Gasteiger charge is -2.46. The molecular weight excluding hydrogens is 370 g/mol. The van der Waals surface area contributed by atoms with Gasteiger partial charge in [-0.1, -0.05) is 18.2 Å². The van der Waals surface area contributed by atoms with Gasteiger partial charge < -0.3 is 14.4 Å². The van der Waals surface area contributed by atoms with Gasteiger partial charge in [0, 0.05) is 37.8 Å². The van der Waals surface area contributed by atoms with Crippen LogP contribution in [0, 0.1) is 0 Å². The molecule has 1 fully saturated rings. The third-order valence-corrected chi connectivity index (χ3v) is 5.57. The molecule has 1 aromatic carbocycles. The van der Waals surface area contributed by atoms with Crippen molar-refractivity contribution in [1.82, 2.24) is 19.5 Å². The van der Waals surface area contributed by atoms with Crippen LogP contribution in [-0.4, -0.2) is 45.8 Å². The summed E-state index contributed by atoms with van der Waals surface area (Å²) in [7, 11) is 1.74. The zero-order chi connectivity index (χ0) is 19.8. The van der Waals surface area contributed by atoms with Gasteiger partial charge in [-0.2, -0.15) is 0 Å². The average molecular weight is 391 g/mol. The molecule has 8 heteroatoms. The minimum Gasteiger partial charge on any atom is -0.493 e. The van der Waals surface area contributed by atoms with Crippen molar-refractivity contribution in [2.75, 3.05) is 31.2 Å². The molecule has 8 nitrogen and oxygen atoms in total. The Bertz CT molecular complexity index is 1100. The Morgan fingerprint density at radius 2 is 2.03 bits per heavy atom. The zero-order valence-corrected chi connectivity index (χ0v) is 16.1. The summed E-state index contributed by atoms with van der Waals surface area (Å²) in [6.45, 7) is 2.39. The van der Waals surface area contributed by atoms with E-state index in [1.165, 1.54) is 12.4 Å². The first-order valence-electron chi connectivity index (χ1n) is 9.62. The van der Waals surface area contributed by atoms with Crippen LogP contribution in [0.15, 0.2) is 53.7 Å². The average Bonchev–Trinajstić information content (AvgIpc) is 2.77. The van der Waals surface area contributed by atoms with E-state index in [4.69, 9.17) is 14.5 Å². The van der Waals surface area contributed by atoms with Crippen LogP contribution in [0.4, 0.5) is 5.95 Å². The highest BCUT2D eigenvalue weighted by molar-refractivity contribution is 5.55. The minimum absolute atomic E-state index is 0.128. The maximum Gasteiger partial charge on any atom is 0.255 e. The predicted molar refractivity (Wildman–Crippen MR) is 107 cm³/mol. The minimum atomic E-state index is -0.476. The van der Waals surface area contributed by atoms with Gasteiger partial charge >= 0.3 is 0 Å². The molecule has 1 unspecified atom stereocenters. The normalized spacial score (nSPS) is 20.9. The summed E-state index contributed by atoms with van der Waals surface area (Å²) >= 11 is 0. The first kappa shape index (κ1) is 17.8. The van der Waals surface area contributed by atoms with Gasteiger partial charge in [0.05, 0.1) is 31.1 Å². The lowest BCUT2D eigenvalue weighted by molar-refractivity contribution is -0.0836. The van der Waals surface area contributed by atoms with Crippen molar-refractivity contribution >= 4 is 5.95 Å². The van der Waals surface area contributed by atoms with E-state index in [-0.39, 0.29) is 5.56 Å². The molecule has 1 saturated heterocycles. The van der Waals surface area contributed by atoms with E-state index in [1.54, 1.807) is 23.9 Å². The molecule has 0 N–H and O–H groups in total. The number of ether oxygens (including phenoxy) is 2. The molecule has 0 bridgehead atoms. The van der Waals surface area contributed by atoms with Crippen LogP contribution in [0.3, 0.4) is 0 Å². The summed E-state index contributed by atoms with van der Waals surface area (Å²) in [5.41, 5.74) is 1.61. The van der Waals surface area contributed by atoms with Crippen LogP contribution in [0.1, 0.15) is 12.0 Å². The highest BCUT2D eigenvalue weighted by atomic mass is 16.5. The largest absolute Gasteiger partial charge is 0.493 e. The summed E-state index contributed by atoms with van der Waals surface area (Å²) in [5.74, 6) is 1.47. The van der Waals surface area contributed by atoms with Crippen molar-refractivity contribution in [3.63, 3.8) is 0 Å². The van der Waals surface area contributed by atoms with Crippen molar-refractivity contribution in [1.29, 1.82) is 0 Å². The Kier molecular flexibility index (Phi) is 4.28.